The van der Waals surface area contributed by atoms with Gasteiger partial charge in [-0.15, -0.1) is 0 Å². The van der Waals surface area contributed by atoms with Crippen LogP contribution >= 0.6 is 0 Å². The maximum atomic E-state index is 12.1. The lowest BCUT2D eigenvalue weighted by molar-refractivity contribution is -0.133. The van der Waals surface area contributed by atoms with Gasteiger partial charge in [0.2, 0.25) is 5.91 Å². The number of amides is 1. The molecule has 18 heavy (non-hydrogen) atoms. The second kappa shape index (κ2) is 5.95. The lowest BCUT2D eigenvalue weighted by Crippen LogP contribution is -2.49. The van der Waals surface area contributed by atoms with Crippen molar-refractivity contribution in [2.45, 2.75) is 38.8 Å². The molecule has 2 unspecified atom stereocenters. The van der Waals surface area contributed by atoms with E-state index in [0.717, 1.165) is 25.9 Å². The topological polar surface area (TPSA) is 77.0 Å². The molecule has 2 atom stereocenters. The van der Waals surface area contributed by atoms with Gasteiger partial charge in [0, 0.05) is 25.6 Å². The number of likely N-dealkylation sites (tertiary alicyclic amines) is 1. The van der Waals surface area contributed by atoms with Gasteiger partial charge in [0.15, 0.2) is 0 Å². The van der Waals surface area contributed by atoms with Crippen molar-refractivity contribution in [3.8, 4) is 0 Å². The van der Waals surface area contributed by atoms with Crippen LogP contribution in [0.2, 0.25) is 0 Å². The molecule has 2 N–H and O–H groups in total. The van der Waals surface area contributed by atoms with Gasteiger partial charge in [-0.1, -0.05) is 13.3 Å². The fourth-order valence-corrected chi connectivity index (χ4v) is 2.43. The van der Waals surface area contributed by atoms with Gasteiger partial charge in [-0.3, -0.25) is 9.48 Å². The fourth-order valence-electron chi connectivity index (χ4n) is 2.43. The molecule has 0 aromatic carbocycles. The Hall–Kier alpha value is -1.43. The quantitative estimate of drug-likeness (QED) is 0.832. The van der Waals surface area contributed by atoms with Crippen LogP contribution in [-0.4, -0.2) is 44.7 Å². The van der Waals surface area contributed by atoms with E-state index in [9.17, 15) is 4.79 Å². The highest BCUT2D eigenvalue weighted by atomic mass is 16.2. The van der Waals surface area contributed by atoms with Crippen molar-refractivity contribution >= 4 is 5.91 Å². The Morgan fingerprint density at radius 1 is 1.56 bits per heavy atom. The van der Waals surface area contributed by atoms with Crippen LogP contribution < -0.4 is 5.73 Å². The number of hydrogen-bond acceptors (Lipinski definition) is 4. The lowest BCUT2D eigenvalue weighted by Gasteiger charge is -2.36. The minimum Gasteiger partial charge on any atom is -0.342 e. The highest BCUT2D eigenvalue weighted by molar-refractivity contribution is 5.76. The van der Waals surface area contributed by atoms with E-state index in [1.165, 1.54) is 6.33 Å². The average Bonchev–Trinajstić information content (AvgIpc) is 2.89. The number of nitrogens with zero attached hydrogens (tertiary/aromatic N) is 4. The van der Waals surface area contributed by atoms with E-state index in [4.69, 9.17) is 5.73 Å². The van der Waals surface area contributed by atoms with E-state index < -0.39 is 0 Å². The molecule has 100 valence electrons. The Morgan fingerprint density at radius 2 is 2.39 bits per heavy atom. The molecule has 2 heterocycles. The zero-order valence-corrected chi connectivity index (χ0v) is 10.8. The summed E-state index contributed by atoms with van der Waals surface area (Å²) in [6, 6.07) is 0.245. The van der Waals surface area contributed by atoms with E-state index in [-0.39, 0.29) is 11.9 Å². The number of hydrogen-bond donors (Lipinski definition) is 1. The highest BCUT2D eigenvalue weighted by Gasteiger charge is 2.27. The van der Waals surface area contributed by atoms with Crippen LogP contribution in [0, 0.1) is 5.92 Å². The lowest BCUT2D eigenvalue weighted by atomic mass is 9.90. The highest BCUT2D eigenvalue weighted by Crippen LogP contribution is 2.19. The molecule has 1 amide bonds. The number of nitrogens with two attached hydrogens (primary N) is 1. The summed E-state index contributed by atoms with van der Waals surface area (Å²) >= 11 is 0. The van der Waals surface area contributed by atoms with Crippen molar-refractivity contribution in [1.82, 2.24) is 19.7 Å². The first-order valence-corrected chi connectivity index (χ1v) is 6.56. The first kappa shape index (κ1) is 13.0. The number of carbonyl (C=O) groups excluding carboxylic acids is 1. The third-order valence-corrected chi connectivity index (χ3v) is 3.69. The third kappa shape index (κ3) is 3.07. The molecule has 1 saturated heterocycles. The van der Waals surface area contributed by atoms with Gasteiger partial charge in [0.05, 0.1) is 6.54 Å². The maximum Gasteiger partial charge on any atom is 0.224 e. The molecule has 2 rings (SSSR count). The van der Waals surface area contributed by atoms with Gasteiger partial charge in [0.25, 0.3) is 0 Å². The van der Waals surface area contributed by atoms with Crippen LogP contribution in [0.15, 0.2) is 12.7 Å². The van der Waals surface area contributed by atoms with Crippen molar-refractivity contribution < 1.29 is 4.79 Å². The SMILES string of the molecule is CCC1CN(C(=O)CCn2cncn2)CCC1N. The van der Waals surface area contributed by atoms with Crippen molar-refractivity contribution in [3.63, 3.8) is 0 Å². The van der Waals surface area contributed by atoms with Gasteiger partial charge in [-0.25, -0.2) is 4.98 Å². The maximum absolute atomic E-state index is 12.1. The summed E-state index contributed by atoms with van der Waals surface area (Å²) in [6.45, 7) is 4.31. The van der Waals surface area contributed by atoms with Crippen molar-refractivity contribution in [1.29, 1.82) is 0 Å². The Kier molecular flexibility index (Phi) is 4.30. The van der Waals surface area contributed by atoms with E-state index >= 15 is 0 Å². The Bertz CT molecular complexity index is 378. The number of carbonyl (C=O) groups is 1. The van der Waals surface area contributed by atoms with Crippen molar-refractivity contribution in [3.05, 3.63) is 12.7 Å². The fraction of sp³-hybridized carbons (Fsp3) is 0.750. The van der Waals surface area contributed by atoms with Crippen molar-refractivity contribution in [2.24, 2.45) is 11.7 Å². The van der Waals surface area contributed by atoms with Crippen LogP contribution in [0.3, 0.4) is 0 Å². The number of aromatic nitrogens is 3. The van der Waals surface area contributed by atoms with E-state index in [0.29, 0.717) is 18.9 Å². The second-order valence-corrected chi connectivity index (χ2v) is 4.87. The van der Waals surface area contributed by atoms with E-state index in [1.54, 1.807) is 11.0 Å². The summed E-state index contributed by atoms with van der Waals surface area (Å²) in [6.07, 6.45) is 5.54. The molecule has 1 aliphatic heterocycles. The molecule has 0 saturated carbocycles. The second-order valence-electron chi connectivity index (χ2n) is 4.87. The van der Waals surface area contributed by atoms with Gasteiger partial charge in [0.1, 0.15) is 12.7 Å². The normalized spacial score (nSPS) is 24.2. The minimum absolute atomic E-state index is 0.191. The summed E-state index contributed by atoms with van der Waals surface area (Å²) in [7, 11) is 0. The summed E-state index contributed by atoms with van der Waals surface area (Å²) in [5.41, 5.74) is 6.04. The third-order valence-electron chi connectivity index (χ3n) is 3.69. The van der Waals surface area contributed by atoms with E-state index in [1.807, 2.05) is 4.90 Å². The molecule has 1 aromatic rings. The summed E-state index contributed by atoms with van der Waals surface area (Å²) < 4.78 is 1.69. The first-order valence-electron chi connectivity index (χ1n) is 6.56. The first-order chi connectivity index (χ1) is 8.70. The van der Waals surface area contributed by atoms with Gasteiger partial charge < -0.3 is 10.6 Å². The molecule has 0 bridgehead atoms. The summed E-state index contributed by atoms with van der Waals surface area (Å²) in [5.74, 6) is 0.630. The Balaban J connectivity index is 1.82. The number of piperidine rings is 1. The molecule has 1 fully saturated rings. The molecule has 0 aliphatic carbocycles. The Morgan fingerprint density at radius 3 is 3.06 bits per heavy atom. The molecule has 0 spiro atoms. The predicted octanol–water partition coefficient (Wildman–Crippen LogP) is 0.254. The molecular formula is C12H21N5O. The standard InChI is InChI=1S/C12H21N5O/c1-2-10-7-16(5-3-11(10)13)12(18)4-6-17-9-14-8-15-17/h8-11H,2-7,13H2,1H3. The number of rotatable bonds is 4. The molecular weight excluding hydrogens is 230 g/mol. The van der Waals surface area contributed by atoms with Crippen LogP contribution in [-0.2, 0) is 11.3 Å². The van der Waals surface area contributed by atoms with Gasteiger partial charge >= 0.3 is 0 Å². The smallest absolute Gasteiger partial charge is 0.224 e. The average molecular weight is 251 g/mol. The zero-order chi connectivity index (χ0) is 13.0. The number of aryl methyl sites for hydroxylation is 1. The van der Waals surface area contributed by atoms with Crippen LogP contribution in [0.5, 0.6) is 0 Å². The van der Waals surface area contributed by atoms with E-state index in [2.05, 4.69) is 17.0 Å². The molecule has 6 nitrogen and oxygen atoms in total. The van der Waals surface area contributed by atoms with Crippen LogP contribution in [0.4, 0.5) is 0 Å². The van der Waals surface area contributed by atoms with Gasteiger partial charge in [-0.05, 0) is 12.3 Å². The molecule has 0 radical (unpaired) electrons. The minimum atomic E-state index is 0.191. The monoisotopic (exact) mass is 251 g/mol. The Labute approximate surface area is 107 Å². The zero-order valence-electron chi connectivity index (χ0n) is 10.8. The van der Waals surface area contributed by atoms with Crippen LogP contribution in [0.1, 0.15) is 26.2 Å². The molecule has 1 aromatic heterocycles. The van der Waals surface area contributed by atoms with Crippen molar-refractivity contribution in [2.75, 3.05) is 13.1 Å². The predicted molar refractivity (Wildman–Crippen MR) is 67.6 cm³/mol. The largest absolute Gasteiger partial charge is 0.342 e. The van der Waals surface area contributed by atoms with Gasteiger partial charge in [-0.2, -0.15) is 5.10 Å². The summed E-state index contributed by atoms with van der Waals surface area (Å²) in [5, 5.41) is 3.99. The summed E-state index contributed by atoms with van der Waals surface area (Å²) in [4.78, 5) is 17.9. The molecule has 1 aliphatic rings. The van der Waals surface area contributed by atoms with Crippen LogP contribution in [0.25, 0.3) is 0 Å². The molecule has 6 heteroatoms.